The fourth-order valence-electron chi connectivity index (χ4n) is 5.08. The molecule has 6 N–H and O–H groups in total. The Hall–Kier alpha value is -6.80. The molecule has 0 radical (unpaired) electrons. The van der Waals surface area contributed by atoms with Crippen molar-refractivity contribution in [2.45, 2.75) is 13.2 Å². The molecule has 6 aromatic rings. The van der Waals surface area contributed by atoms with Gasteiger partial charge in [-0.2, -0.15) is 30.2 Å². The summed E-state index contributed by atoms with van der Waals surface area (Å²) in [5, 5.41) is 50.1. The van der Waals surface area contributed by atoms with Crippen molar-refractivity contribution in [3.8, 4) is 23.2 Å². The Morgan fingerprint density at radius 2 is 1.72 bits per heavy atom. The molecule has 0 bridgehead atoms. The molecule has 252 valence electrons. The number of amides is 2. The minimum Gasteiger partial charge on any atom is -0.617 e. The third kappa shape index (κ3) is 6.90. The van der Waals surface area contributed by atoms with Crippen LogP contribution < -0.4 is 36.3 Å². The number of azo groups is 1. The number of carbonyl (C=O) groups excluding carboxylic acids is 1. The first-order chi connectivity index (χ1) is 24.3. The van der Waals surface area contributed by atoms with Gasteiger partial charge in [-0.1, -0.05) is 24.3 Å². The van der Waals surface area contributed by atoms with Gasteiger partial charge in [-0.25, -0.2) is 9.78 Å². The summed E-state index contributed by atoms with van der Waals surface area (Å²) >= 11 is 5.59. The summed E-state index contributed by atoms with van der Waals surface area (Å²) in [6.45, 7) is 1.13. The van der Waals surface area contributed by atoms with Crippen LogP contribution in [0.2, 0.25) is 0 Å². The zero-order valence-corrected chi connectivity index (χ0v) is 26.9. The summed E-state index contributed by atoms with van der Waals surface area (Å²) in [6, 6.07) is 19.4. The van der Waals surface area contributed by atoms with Crippen LogP contribution in [0.25, 0.3) is 33.5 Å². The van der Waals surface area contributed by atoms with Crippen molar-refractivity contribution in [1.29, 1.82) is 5.26 Å². The standard InChI is InChI=1S/C32H28ClN13O4/c33-10-11-37-32(47)38-12-13-44-18-39-27-29(44)40-31(36)41-30(27)50-17-19-4-3-5-20(14-19)42-43-21-8-9-23(35)22(15-21)28-26(16-34)45(48)24-6-1-2-7-25(24)46(28)49/h1-9,14-15,18H,10-13,17,35H2,(H2,36,40,41)(H2,37,38,47)/b43-42+. The number of nitrogens with zero attached hydrogens (tertiary/aromatic N) is 9. The molecule has 0 saturated heterocycles. The van der Waals surface area contributed by atoms with Crippen molar-refractivity contribution >= 4 is 62.8 Å². The van der Waals surface area contributed by atoms with E-state index in [9.17, 15) is 20.5 Å². The summed E-state index contributed by atoms with van der Waals surface area (Å²) in [5.74, 6) is 0.484. The van der Waals surface area contributed by atoms with E-state index >= 15 is 0 Å². The number of alkyl halides is 1. The van der Waals surface area contributed by atoms with Gasteiger partial charge in [0.05, 0.1) is 23.3 Å². The minimum absolute atomic E-state index is 0.00867. The Morgan fingerprint density at radius 3 is 2.48 bits per heavy atom. The molecule has 0 saturated carbocycles. The Kier molecular flexibility index (Phi) is 9.63. The number of carbonyl (C=O) groups is 1. The molecule has 0 atom stereocenters. The Labute approximate surface area is 288 Å². The number of nitrogens with two attached hydrogens (primary N) is 2. The molecule has 0 unspecified atom stereocenters. The van der Waals surface area contributed by atoms with E-state index in [1.165, 1.54) is 24.3 Å². The van der Waals surface area contributed by atoms with E-state index in [-0.39, 0.29) is 52.4 Å². The highest BCUT2D eigenvalue weighted by Crippen LogP contribution is 2.31. The average molecular weight is 694 g/mol. The van der Waals surface area contributed by atoms with Crippen molar-refractivity contribution in [1.82, 2.24) is 30.2 Å². The van der Waals surface area contributed by atoms with Gasteiger partial charge in [-0.05, 0) is 35.9 Å². The van der Waals surface area contributed by atoms with E-state index < -0.39 is 5.69 Å². The second-order valence-electron chi connectivity index (χ2n) is 10.7. The summed E-state index contributed by atoms with van der Waals surface area (Å²) in [6.07, 6.45) is 1.56. The van der Waals surface area contributed by atoms with Gasteiger partial charge >= 0.3 is 17.4 Å². The smallest absolute Gasteiger partial charge is 0.369 e. The molecule has 0 fully saturated rings. The lowest BCUT2D eigenvalue weighted by Crippen LogP contribution is -2.43. The minimum atomic E-state index is -0.401. The number of urea groups is 1. The summed E-state index contributed by atoms with van der Waals surface area (Å²) in [5.41, 5.74) is 14.4. The van der Waals surface area contributed by atoms with Crippen LogP contribution in [0.15, 0.2) is 83.3 Å². The van der Waals surface area contributed by atoms with Crippen molar-refractivity contribution in [3.63, 3.8) is 0 Å². The van der Waals surface area contributed by atoms with Gasteiger partial charge in [-0.3, -0.25) is 0 Å². The van der Waals surface area contributed by atoms with Gasteiger partial charge in [0, 0.05) is 43.3 Å². The zero-order valence-electron chi connectivity index (χ0n) is 26.2. The molecule has 0 aliphatic carbocycles. The average Bonchev–Trinajstić information content (AvgIpc) is 3.53. The maximum absolute atomic E-state index is 13.3. The topological polar surface area (TPSA) is 248 Å². The van der Waals surface area contributed by atoms with Crippen LogP contribution in [0, 0.1) is 21.7 Å². The molecule has 0 spiro atoms. The molecule has 18 heteroatoms. The maximum atomic E-state index is 13.3. The predicted octanol–water partition coefficient (Wildman–Crippen LogP) is 3.48. The first-order valence-electron chi connectivity index (χ1n) is 15.0. The van der Waals surface area contributed by atoms with Crippen molar-refractivity contribution < 1.29 is 19.0 Å². The van der Waals surface area contributed by atoms with Crippen molar-refractivity contribution in [2.75, 3.05) is 30.4 Å². The Morgan fingerprint density at radius 1 is 0.980 bits per heavy atom. The van der Waals surface area contributed by atoms with E-state index in [0.29, 0.717) is 57.5 Å². The lowest BCUT2D eigenvalue weighted by Gasteiger charge is -2.11. The molecular formula is C32H28ClN13O4. The van der Waals surface area contributed by atoms with Crippen LogP contribution in [0.3, 0.4) is 0 Å². The first kappa shape index (κ1) is 33.1. The number of ether oxygens (including phenoxy) is 1. The summed E-state index contributed by atoms with van der Waals surface area (Å²) in [4.78, 5) is 24.7. The Bertz CT molecular complexity index is 2310. The van der Waals surface area contributed by atoms with Gasteiger partial charge in [0.15, 0.2) is 17.2 Å². The van der Waals surface area contributed by atoms with Crippen LogP contribution in [-0.4, -0.2) is 44.5 Å². The Balaban J connectivity index is 1.18. The summed E-state index contributed by atoms with van der Waals surface area (Å²) in [7, 11) is 0. The zero-order chi connectivity index (χ0) is 35.2. The number of halogens is 1. The van der Waals surface area contributed by atoms with Gasteiger partial charge in [-0.15, -0.1) is 16.3 Å². The molecule has 2 amide bonds. The number of fused-ring (bicyclic) bond motifs is 2. The van der Waals surface area contributed by atoms with E-state index in [1.54, 1.807) is 47.3 Å². The fourth-order valence-corrected chi connectivity index (χ4v) is 5.17. The number of anilines is 2. The largest absolute Gasteiger partial charge is 0.617 e. The molecule has 0 aliphatic rings. The van der Waals surface area contributed by atoms with Crippen LogP contribution in [-0.2, 0) is 13.2 Å². The van der Waals surface area contributed by atoms with Crippen LogP contribution in [0.1, 0.15) is 11.3 Å². The van der Waals surface area contributed by atoms with Gasteiger partial charge < -0.3 is 41.8 Å². The van der Waals surface area contributed by atoms with Crippen LogP contribution in [0.5, 0.6) is 5.88 Å². The molecular weight excluding hydrogens is 666 g/mol. The van der Waals surface area contributed by atoms with Gasteiger partial charge in [0.1, 0.15) is 6.61 Å². The second-order valence-corrected chi connectivity index (χ2v) is 11.1. The highest BCUT2D eigenvalue weighted by atomic mass is 35.5. The molecule has 3 heterocycles. The quantitative estimate of drug-likeness (QED) is 0.0505. The fraction of sp³-hybridized carbons (Fsp3) is 0.156. The second kappa shape index (κ2) is 14.5. The normalized spacial score (nSPS) is 11.2. The number of rotatable bonds is 11. The number of nitriles is 1. The monoisotopic (exact) mass is 693 g/mol. The summed E-state index contributed by atoms with van der Waals surface area (Å²) < 4.78 is 8.64. The third-order valence-electron chi connectivity index (χ3n) is 7.38. The lowest BCUT2D eigenvalue weighted by atomic mass is 10.1. The lowest BCUT2D eigenvalue weighted by molar-refractivity contribution is -0.622. The van der Waals surface area contributed by atoms with Gasteiger partial charge in [0.2, 0.25) is 11.8 Å². The molecule has 17 nitrogen and oxygen atoms in total. The number of imidazole rings is 1. The number of hydrogen-bond acceptors (Lipinski definition) is 12. The molecule has 3 aromatic heterocycles. The number of aromatic nitrogens is 6. The van der Waals surface area contributed by atoms with Gasteiger partial charge in [0.25, 0.3) is 11.0 Å². The number of benzene rings is 3. The SMILES string of the molecule is N#Cc1c(-c2cc(/N=N/c3cccc(COc4nc(N)nc5c4ncn5CCNC(=O)NCCCl)c3)ccc2N)[n+]([O-])c2ccccc2[n+]1[O-]. The van der Waals surface area contributed by atoms with E-state index in [0.717, 1.165) is 5.56 Å². The van der Waals surface area contributed by atoms with Crippen molar-refractivity contribution in [2.24, 2.45) is 10.2 Å². The first-order valence-corrected chi connectivity index (χ1v) is 15.6. The van der Waals surface area contributed by atoms with E-state index in [2.05, 4.69) is 35.8 Å². The molecule has 50 heavy (non-hydrogen) atoms. The number of hydrogen-bond donors (Lipinski definition) is 4. The maximum Gasteiger partial charge on any atom is 0.369 e. The molecule has 0 aliphatic heterocycles. The van der Waals surface area contributed by atoms with E-state index in [4.69, 9.17) is 27.8 Å². The number of nitrogen functional groups attached to an aromatic ring is 2. The number of para-hydroxylation sites is 2. The van der Waals surface area contributed by atoms with E-state index in [1.807, 2.05) is 12.1 Å². The molecule has 6 rings (SSSR count). The van der Waals surface area contributed by atoms with Crippen LogP contribution in [0.4, 0.5) is 27.8 Å². The third-order valence-corrected chi connectivity index (χ3v) is 7.57. The highest BCUT2D eigenvalue weighted by Gasteiger charge is 2.31. The number of nitrogens with one attached hydrogen (secondary N) is 2. The highest BCUT2D eigenvalue weighted by molar-refractivity contribution is 6.18. The molecule has 3 aromatic carbocycles. The predicted molar refractivity (Wildman–Crippen MR) is 183 cm³/mol. The van der Waals surface area contributed by atoms with Crippen LogP contribution >= 0.6 is 11.6 Å². The van der Waals surface area contributed by atoms with Crippen molar-refractivity contribution in [3.05, 3.63) is 94.7 Å².